The number of aliphatic hydroxyl groups is 1. The first kappa shape index (κ1) is 13.6. The molecule has 0 amide bonds. The van der Waals surface area contributed by atoms with Crippen LogP contribution in [-0.2, 0) is 0 Å². The summed E-state index contributed by atoms with van der Waals surface area (Å²) in [7, 11) is 0. The van der Waals surface area contributed by atoms with E-state index in [1.165, 1.54) is 38.5 Å². The number of benzene rings is 1. The fourth-order valence-corrected chi connectivity index (χ4v) is 3.47. The maximum Gasteiger partial charge on any atom is 0.0799 e. The quantitative estimate of drug-likeness (QED) is 0.824. The molecule has 2 aromatic rings. The van der Waals surface area contributed by atoms with E-state index in [2.05, 4.69) is 11.1 Å². The lowest BCUT2D eigenvalue weighted by Crippen LogP contribution is -2.07. The lowest BCUT2D eigenvalue weighted by Gasteiger charge is -2.20. The molecule has 1 aliphatic rings. The largest absolute Gasteiger partial charge is 0.388 e. The molecule has 1 N–H and O–H groups in total. The predicted octanol–water partition coefficient (Wildman–Crippen LogP) is 4.63. The highest BCUT2D eigenvalue weighted by Crippen LogP contribution is 2.33. The van der Waals surface area contributed by atoms with Crippen LogP contribution in [0, 0.1) is 5.92 Å². The van der Waals surface area contributed by atoms with Crippen molar-refractivity contribution in [1.82, 2.24) is 4.98 Å². The highest BCUT2D eigenvalue weighted by molar-refractivity contribution is 5.85. The topological polar surface area (TPSA) is 33.1 Å². The number of hydrogen-bond donors (Lipinski definition) is 1. The van der Waals surface area contributed by atoms with Crippen molar-refractivity contribution in [3.63, 3.8) is 0 Å². The zero-order valence-corrected chi connectivity index (χ0v) is 12.0. The molecule has 0 radical (unpaired) electrons. The number of pyridine rings is 1. The molecule has 20 heavy (non-hydrogen) atoms. The van der Waals surface area contributed by atoms with Crippen molar-refractivity contribution in [1.29, 1.82) is 0 Å². The van der Waals surface area contributed by atoms with E-state index in [4.69, 9.17) is 0 Å². The summed E-state index contributed by atoms with van der Waals surface area (Å²) < 4.78 is 0. The van der Waals surface area contributed by atoms with Gasteiger partial charge in [-0.2, -0.15) is 0 Å². The zero-order valence-electron chi connectivity index (χ0n) is 12.0. The third kappa shape index (κ3) is 3.01. The van der Waals surface area contributed by atoms with Crippen LogP contribution >= 0.6 is 0 Å². The number of rotatable bonds is 3. The third-order valence-electron chi connectivity index (χ3n) is 4.61. The highest BCUT2D eigenvalue weighted by atomic mass is 16.3. The Morgan fingerprint density at radius 1 is 1.10 bits per heavy atom. The first-order chi connectivity index (χ1) is 9.84. The first-order valence-electron chi connectivity index (χ1n) is 7.85. The molecule has 1 aliphatic carbocycles. The van der Waals surface area contributed by atoms with E-state index in [-0.39, 0.29) is 6.10 Å². The number of fused-ring (bicyclic) bond motifs is 1. The monoisotopic (exact) mass is 269 g/mol. The summed E-state index contributed by atoms with van der Waals surface area (Å²) >= 11 is 0. The molecule has 1 aromatic heterocycles. The van der Waals surface area contributed by atoms with Crippen LogP contribution in [0.15, 0.2) is 36.7 Å². The summed E-state index contributed by atoms with van der Waals surface area (Å²) in [5.74, 6) is 0.680. The maximum atomic E-state index is 10.6. The predicted molar refractivity (Wildman–Crippen MR) is 82.5 cm³/mol. The molecule has 1 heterocycles. The van der Waals surface area contributed by atoms with E-state index < -0.39 is 0 Å². The van der Waals surface area contributed by atoms with Gasteiger partial charge in [0.25, 0.3) is 0 Å². The van der Waals surface area contributed by atoms with E-state index in [9.17, 15) is 5.11 Å². The second-order valence-corrected chi connectivity index (χ2v) is 6.05. The van der Waals surface area contributed by atoms with Crippen LogP contribution in [0.3, 0.4) is 0 Å². The van der Waals surface area contributed by atoms with Gasteiger partial charge in [0.2, 0.25) is 0 Å². The molecule has 0 aliphatic heterocycles. The van der Waals surface area contributed by atoms with Gasteiger partial charge in [-0.05, 0) is 29.4 Å². The summed E-state index contributed by atoms with van der Waals surface area (Å²) in [6.45, 7) is 0. The molecule has 2 heteroatoms. The third-order valence-corrected chi connectivity index (χ3v) is 4.61. The Morgan fingerprint density at radius 3 is 2.70 bits per heavy atom. The van der Waals surface area contributed by atoms with Crippen molar-refractivity contribution >= 4 is 10.8 Å². The van der Waals surface area contributed by atoms with Crippen molar-refractivity contribution in [3.05, 3.63) is 42.2 Å². The minimum atomic E-state index is -0.356. The van der Waals surface area contributed by atoms with Crippen LogP contribution in [0.1, 0.15) is 56.6 Å². The summed E-state index contributed by atoms with van der Waals surface area (Å²) in [5.41, 5.74) is 1.04. The van der Waals surface area contributed by atoms with Gasteiger partial charge in [-0.15, -0.1) is 0 Å². The van der Waals surface area contributed by atoms with Gasteiger partial charge in [-0.25, -0.2) is 0 Å². The van der Waals surface area contributed by atoms with Crippen LogP contribution in [0.2, 0.25) is 0 Å². The van der Waals surface area contributed by atoms with Gasteiger partial charge in [0.1, 0.15) is 0 Å². The van der Waals surface area contributed by atoms with Gasteiger partial charge in [-0.1, -0.05) is 56.7 Å². The van der Waals surface area contributed by atoms with Gasteiger partial charge in [0.15, 0.2) is 0 Å². The van der Waals surface area contributed by atoms with Crippen molar-refractivity contribution in [2.45, 2.75) is 51.0 Å². The van der Waals surface area contributed by atoms with Gasteiger partial charge >= 0.3 is 0 Å². The van der Waals surface area contributed by atoms with Crippen molar-refractivity contribution in [3.8, 4) is 0 Å². The summed E-state index contributed by atoms with van der Waals surface area (Å²) in [5, 5.41) is 12.9. The number of aliphatic hydroxyl groups excluding tert-OH is 1. The highest BCUT2D eigenvalue weighted by Gasteiger charge is 2.19. The van der Waals surface area contributed by atoms with Crippen LogP contribution in [0.25, 0.3) is 10.8 Å². The second kappa shape index (κ2) is 6.36. The average Bonchev–Trinajstić information content (AvgIpc) is 2.75. The van der Waals surface area contributed by atoms with E-state index >= 15 is 0 Å². The van der Waals surface area contributed by atoms with Crippen LogP contribution in [0.4, 0.5) is 0 Å². The van der Waals surface area contributed by atoms with Crippen molar-refractivity contribution in [2.75, 3.05) is 0 Å². The molecular weight excluding hydrogens is 246 g/mol. The van der Waals surface area contributed by atoms with E-state index in [0.717, 1.165) is 22.8 Å². The van der Waals surface area contributed by atoms with Crippen molar-refractivity contribution in [2.24, 2.45) is 5.92 Å². The Kier molecular flexibility index (Phi) is 4.31. The van der Waals surface area contributed by atoms with Crippen LogP contribution in [-0.4, -0.2) is 10.1 Å². The smallest absolute Gasteiger partial charge is 0.0799 e. The molecule has 106 valence electrons. The molecule has 1 aromatic carbocycles. The summed E-state index contributed by atoms with van der Waals surface area (Å²) in [6, 6.07) is 8.18. The average molecular weight is 269 g/mol. The standard InChI is InChI=1S/C18H23NO/c20-18(12-14-6-3-1-2-4-7-14)16-9-5-8-15-10-11-19-13-17(15)16/h5,8-11,13-14,18,20H,1-4,6-7,12H2. The van der Waals surface area contributed by atoms with E-state index in [1.54, 1.807) is 0 Å². The Hall–Kier alpha value is -1.41. The molecular formula is C18H23NO. The molecule has 1 saturated carbocycles. The Labute approximate surface area is 120 Å². The maximum absolute atomic E-state index is 10.6. The molecule has 1 unspecified atom stereocenters. The van der Waals surface area contributed by atoms with Gasteiger partial charge < -0.3 is 5.11 Å². The van der Waals surface area contributed by atoms with Crippen LogP contribution < -0.4 is 0 Å². The second-order valence-electron chi connectivity index (χ2n) is 6.05. The summed E-state index contributed by atoms with van der Waals surface area (Å²) in [4.78, 5) is 4.21. The minimum Gasteiger partial charge on any atom is -0.388 e. The first-order valence-corrected chi connectivity index (χ1v) is 7.85. The molecule has 1 atom stereocenters. The molecule has 2 nitrogen and oxygen atoms in total. The lowest BCUT2D eigenvalue weighted by atomic mass is 9.89. The SMILES string of the molecule is OC(CC1CCCCCC1)c1cccc2ccncc12. The fourth-order valence-electron chi connectivity index (χ4n) is 3.47. The van der Waals surface area contributed by atoms with Crippen molar-refractivity contribution < 1.29 is 5.11 Å². The Balaban J connectivity index is 1.79. The Morgan fingerprint density at radius 2 is 1.90 bits per heavy atom. The number of hydrogen-bond acceptors (Lipinski definition) is 2. The molecule has 0 bridgehead atoms. The van der Waals surface area contributed by atoms with Crippen LogP contribution in [0.5, 0.6) is 0 Å². The number of aromatic nitrogens is 1. The Bertz CT molecular complexity index is 553. The number of nitrogens with zero attached hydrogens (tertiary/aromatic N) is 1. The molecule has 1 fully saturated rings. The van der Waals surface area contributed by atoms with Gasteiger partial charge in [-0.3, -0.25) is 4.98 Å². The van der Waals surface area contributed by atoms with E-state index in [1.807, 2.05) is 30.6 Å². The minimum absolute atomic E-state index is 0.356. The van der Waals surface area contributed by atoms with E-state index in [0.29, 0.717) is 5.92 Å². The summed E-state index contributed by atoms with van der Waals surface area (Å²) in [6.07, 6.45) is 12.2. The fraction of sp³-hybridized carbons (Fsp3) is 0.500. The normalized spacial score (nSPS) is 18.9. The molecule has 0 spiro atoms. The molecule has 3 rings (SSSR count). The lowest BCUT2D eigenvalue weighted by molar-refractivity contribution is 0.140. The van der Waals surface area contributed by atoms with Gasteiger partial charge in [0, 0.05) is 17.8 Å². The zero-order chi connectivity index (χ0) is 13.8. The molecule has 0 saturated heterocycles. The van der Waals surface area contributed by atoms with Gasteiger partial charge in [0.05, 0.1) is 6.10 Å².